The van der Waals surface area contributed by atoms with Crippen molar-refractivity contribution >= 4 is 17.3 Å². The fourth-order valence-electron chi connectivity index (χ4n) is 2.19. The molecule has 2 nitrogen and oxygen atoms in total. The number of rotatable bonds is 4. The summed E-state index contributed by atoms with van der Waals surface area (Å²) >= 11 is 6.28. The Labute approximate surface area is 124 Å². The molecule has 0 aliphatic heterocycles. The van der Waals surface area contributed by atoms with E-state index >= 15 is 0 Å². The van der Waals surface area contributed by atoms with Crippen molar-refractivity contribution in [1.29, 1.82) is 0 Å². The van der Waals surface area contributed by atoms with Crippen LogP contribution in [-0.4, -0.2) is 7.05 Å². The maximum absolute atomic E-state index is 13.9. The average Bonchev–Trinajstić information content (AvgIpc) is 2.46. The summed E-state index contributed by atoms with van der Waals surface area (Å²) in [5.41, 5.74) is 8.08. The fourth-order valence-corrected chi connectivity index (χ4v) is 2.53. The van der Waals surface area contributed by atoms with Crippen LogP contribution >= 0.6 is 11.6 Å². The lowest BCUT2D eigenvalue weighted by Gasteiger charge is -2.28. The summed E-state index contributed by atoms with van der Waals surface area (Å²) in [4.78, 5) is 1.96. The van der Waals surface area contributed by atoms with E-state index in [1.54, 1.807) is 12.1 Å². The number of halogens is 2. The Bertz CT molecular complexity index is 601. The highest BCUT2D eigenvalue weighted by Gasteiger charge is 2.17. The zero-order chi connectivity index (χ0) is 14.7. The normalized spacial score (nSPS) is 12.2. The lowest BCUT2D eigenvalue weighted by atomic mass is 10.1. The van der Waals surface area contributed by atoms with Crippen LogP contribution in [0.5, 0.6) is 0 Å². The van der Waals surface area contributed by atoms with Gasteiger partial charge in [0.25, 0.3) is 0 Å². The number of anilines is 1. The van der Waals surface area contributed by atoms with Crippen molar-refractivity contribution in [3.05, 3.63) is 64.4 Å². The van der Waals surface area contributed by atoms with Gasteiger partial charge < -0.3 is 10.6 Å². The molecule has 2 rings (SSSR count). The van der Waals surface area contributed by atoms with Crippen molar-refractivity contribution in [1.82, 2.24) is 0 Å². The molecule has 20 heavy (non-hydrogen) atoms. The first-order chi connectivity index (χ1) is 9.54. The first kappa shape index (κ1) is 14.8. The van der Waals surface area contributed by atoms with Crippen molar-refractivity contribution in [2.45, 2.75) is 19.5 Å². The Morgan fingerprint density at radius 1 is 1.25 bits per heavy atom. The van der Waals surface area contributed by atoms with Crippen LogP contribution in [0.3, 0.4) is 0 Å². The van der Waals surface area contributed by atoms with E-state index in [9.17, 15) is 4.39 Å². The lowest BCUT2D eigenvalue weighted by Crippen LogP contribution is -2.22. The van der Waals surface area contributed by atoms with Gasteiger partial charge in [-0.3, -0.25) is 0 Å². The average molecular weight is 293 g/mol. The van der Waals surface area contributed by atoms with Crippen LogP contribution < -0.4 is 10.6 Å². The SMILES string of the molecule is CC(c1ccccc1F)N(C)c1ccc(CN)cc1Cl. The molecule has 2 aromatic rings. The minimum absolute atomic E-state index is 0.113. The summed E-state index contributed by atoms with van der Waals surface area (Å²) < 4.78 is 13.9. The molecule has 0 radical (unpaired) electrons. The molecule has 0 spiro atoms. The zero-order valence-electron chi connectivity index (χ0n) is 11.6. The largest absolute Gasteiger partial charge is 0.367 e. The molecular weight excluding hydrogens is 275 g/mol. The molecule has 1 atom stereocenters. The fraction of sp³-hybridized carbons (Fsp3) is 0.250. The van der Waals surface area contributed by atoms with E-state index in [1.807, 2.05) is 43.1 Å². The Hall–Kier alpha value is -1.58. The third kappa shape index (κ3) is 2.94. The van der Waals surface area contributed by atoms with Gasteiger partial charge in [-0.1, -0.05) is 35.9 Å². The Kier molecular flexibility index (Phi) is 4.63. The molecule has 1 unspecified atom stereocenters. The van der Waals surface area contributed by atoms with E-state index in [0.29, 0.717) is 17.1 Å². The van der Waals surface area contributed by atoms with E-state index in [1.165, 1.54) is 6.07 Å². The van der Waals surface area contributed by atoms with Gasteiger partial charge in [0.1, 0.15) is 5.82 Å². The van der Waals surface area contributed by atoms with Gasteiger partial charge in [0.2, 0.25) is 0 Å². The number of nitrogens with two attached hydrogens (primary N) is 1. The zero-order valence-corrected chi connectivity index (χ0v) is 12.4. The maximum atomic E-state index is 13.9. The van der Waals surface area contributed by atoms with Crippen molar-refractivity contribution < 1.29 is 4.39 Å². The predicted octanol–water partition coefficient (Wildman–Crippen LogP) is 4.14. The number of hydrogen-bond acceptors (Lipinski definition) is 2. The summed E-state index contributed by atoms with van der Waals surface area (Å²) in [5, 5.41) is 0.624. The number of benzene rings is 2. The first-order valence-corrected chi connectivity index (χ1v) is 6.88. The Morgan fingerprint density at radius 3 is 2.55 bits per heavy atom. The summed E-state index contributed by atoms with van der Waals surface area (Å²) in [7, 11) is 1.90. The molecule has 0 amide bonds. The predicted molar refractivity (Wildman–Crippen MR) is 82.6 cm³/mol. The molecule has 0 saturated heterocycles. The highest BCUT2D eigenvalue weighted by Crippen LogP contribution is 2.32. The first-order valence-electron chi connectivity index (χ1n) is 6.50. The molecule has 0 aromatic heterocycles. The molecule has 106 valence electrons. The van der Waals surface area contributed by atoms with E-state index in [0.717, 1.165) is 11.3 Å². The van der Waals surface area contributed by atoms with Crippen LogP contribution in [0.2, 0.25) is 5.02 Å². The minimum Gasteiger partial charge on any atom is -0.367 e. The van der Waals surface area contributed by atoms with Crippen LogP contribution in [-0.2, 0) is 6.54 Å². The number of nitrogens with zero attached hydrogens (tertiary/aromatic N) is 1. The molecule has 0 fully saturated rings. The van der Waals surface area contributed by atoms with Gasteiger partial charge in [0.05, 0.1) is 16.8 Å². The molecule has 0 bridgehead atoms. The van der Waals surface area contributed by atoms with E-state index in [4.69, 9.17) is 17.3 Å². The second-order valence-electron chi connectivity index (χ2n) is 4.80. The minimum atomic E-state index is -0.207. The summed E-state index contributed by atoms with van der Waals surface area (Å²) in [6, 6.07) is 12.4. The van der Waals surface area contributed by atoms with Gasteiger partial charge in [-0.2, -0.15) is 0 Å². The van der Waals surface area contributed by atoms with E-state index in [-0.39, 0.29) is 11.9 Å². The topological polar surface area (TPSA) is 29.3 Å². The van der Waals surface area contributed by atoms with Crippen molar-refractivity contribution in [3.8, 4) is 0 Å². The second kappa shape index (κ2) is 6.25. The van der Waals surface area contributed by atoms with Gasteiger partial charge in [-0.25, -0.2) is 4.39 Å². The third-order valence-corrected chi connectivity index (χ3v) is 3.87. The molecule has 4 heteroatoms. The quantitative estimate of drug-likeness (QED) is 0.918. The van der Waals surface area contributed by atoms with Crippen LogP contribution in [0.4, 0.5) is 10.1 Å². The monoisotopic (exact) mass is 292 g/mol. The van der Waals surface area contributed by atoms with Gasteiger partial charge in [0.15, 0.2) is 0 Å². The summed E-state index contributed by atoms with van der Waals surface area (Å²) in [6.45, 7) is 2.40. The van der Waals surface area contributed by atoms with Crippen LogP contribution in [0.25, 0.3) is 0 Å². The highest BCUT2D eigenvalue weighted by molar-refractivity contribution is 6.33. The van der Waals surface area contributed by atoms with Crippen molar-refractivity contribution in [3.63, 3.8) is 0 Å². The molecule has 0 aliphatic carbocycles. The van der Waals surface area contributed by atoms with Gasteiger partial charge in [-0.15, -0.1) is 0 Å². The second-order valence-corrected chi connectivity index (χ2v) is 5.21. The Morgan fingerprint density at radius 2 is 1.95 bits per heavy atom. The van der Waals surface area contributed by atoms with Crippen LogP contribution in [0.1, 0.15) is 24.1 Å². The molecule has 2 N–H and O–H groups in total. The van der Waals surface area contributed by atoms with Gasteiger partial charge >= 0.3 is 0 Å². The van der Waals surface area contributed by atoms with E-state index in [2.05, 4.69) is 0 Å². The van der Waals surface area contributed by atoms with Crippen LogP contribution in [0.15, 0.2) is 42.5 Å². The van der Waals surface area contributed by atoms with Crippen molar-refractivity contribution in [2.24, 2.45) is 5.73 Å². The van der Waals surface area contributed by atoms with Gasteiger partial charge in [-0.05, 0) is 30.7 Å². The van der Waals surface area contributed by atoms with E-state index < -0.39 is 0 Å². The molecule has 2 aromatic carbocycles. The molecular formula is C16H18ClFN2. The third-order valence-electron chi connectivity index (χ3n) is 3.56. The standard InChI is InChI=1S/C16H18ClFN2/c1-11(13-5-3-4-6-15(13)18)20(2)16-8-7-12(10-19)9-14(16)17/h3-9,11H,10,19H2,1-2H3. The lowest BCUT2D eigenvalue weighted by molar-refractivity contribution is 0.585. The summed E-state index contributed by atoms with van der Waals surface area (Å²) in [6.07, 6.45) is 0. The van der Waals surface area contributed by atoms with Crippen LogP contribution in [0, 0.1) is 5.82 Å². The molecule has 0 aliphatic rings. The molecule has 0 heterocycles. The van der Waals surface area contributed by atoms with Gasteiger partial charge in [0, 0.05) is 19.2 Å². The smallest absolute Gasteiger partial charge is 0.128 e. The Balaban J connectivity index is 2.31. The summed E-state index contributed by atoms with van der Waals surface area (Å²) in [5.74, 6) is -0.207. The highest BCUT2D eigenvalue weighted by atomic mass is 35.5. The molecule has 0 saturated carbocycles. The van der Waals surface area contributed by atoms with Crippen molar-refractivity contribution in [2.75, 3.05) is 11.9 Å². The number of hydrogen-bond donors (Lipinski definition) is 1. The maximum Gasteiger partial charge on any atom is 0.128 e.